The van der Waals surface area contributed by atoms with Crippen LogP contribution in [0.4, 0.5) is 0 Å². The Bertz CT molecular complexity index is 1000. The highest BCUT2D eigenvalue weighted by atomic mass is 35.5. The summed E-state index contributed by atoms with van der Waals surface area (Å²) in [5, 5.41) is 0.735. The van der Waals surface area contributed by atoms with Crippen molar-refractivity contribution in [3.8, 4) is 22.8 Å². The zero-order valence-corrected chi connectivity index (χ0v) is 14.1. The van der Waals surface area contributed by atoms with Crippen molar-refractivity contribution in [2.45, 2.75) is 6.92 Å². The monoisotopic (exact) mass is 359 g/mol. The van der Waals surface area contributed by atoms with Crippen LogP contribution in [0.2, 0.25) is 5.02 Å². The first-order chi connectivity index (χ1) is 11.5. The number of rotatable bonds is 2. The van der Waals surface area contributed by atoms with Gasteiger partial charge in [0.2, 0.25) is 6.79 Å². The third kappa shape index (κ3) is 2.39. The predicted molar refractivity (Wildman–Crippen MR) is 93.2 cm³/mol. The number of hydrogen-bond acceptors (Lipinski definition) is 4. The smallest absolute Gasteiger partial charge is 0.253 e. The molecular formula is C18H11Cl2NO3. The molecule has 2 aromatic carbocycles. The molecule has 0 unspecified atom stereocenters. The van der Waals surface area contributed by atoms with E-state index in [1.54, 1.807) is 18.2 Å². The molecule has 0 fully saturated rings. The second-order valence-corrected chi connectivity index (χ2v) is 6.22. The fourth-order valence-electron chi connectivity index (χ4n) is 2.77. The van der Waals surface area contributed by atoms with Crippen molar-refractivity contribution < 1.29 is 14.3 Å². The largest absolute Gasteiger partial charge is 0.454 e. The van der Waals surface area contributed by atoms with Crippen molar-refractivity contribution in [1.82, 2.24) is 4.98 Å². The fourth-order valence-corrected chi connectivity index (χ4v) is 3.08. The lowest BCUT2D eigenvalue weighted by Gasteiger charge is -2.10. The van der Waals surface area contributed by atoms with E-state index in [0.29, 0.717) is 38.7 Å². The van der Waals surface area contributed by atoms with E-state index in [-0.39, 0.29) is 6.79 Å². The van der Waals surface area contributed by atoms with Crippen molar-refractivity contribution >= 4 is 39.3 Å². The summed E-state index contributed by atoms with van der Waals surface area (Å²) in [6.45, 7) is 2.06. The molecule has 4 rings (SSSR count). The molecule has 0 aliphatic carbocycles. The molecule has 3 aromatic rings. The van der Waals surface area contributed by atoms with Crippen molar-refractivity contribution in [2.75, 3.05) is 6.79 Å². The van der Waals surface area contributed by atoms with Crippen LogP contribution in [0.25, 0.3) is 22.2 Å². The van der Waals surface area contributed by atoms with Crippen LogP contribution in [0.1, 0.15) is 15.9 Å². The maximum absolute atomic E-state index is 11.9. The molecule has 2 heterocycles. The van der Waals surface area contributed by atoms with Crippen LogP contribution in [0.3, 0.4) is 0 Å². The third-order valence-electron chi connectivity index (χ3n) is 4.05. The van der Waals surface area contributed by atoms with Gasteiger partial charge in [-0.25, -0.2) is 4.98 Å². The summed E-state index contributed by atoms with van der Waals surface area (Å²) >= 11 is 12.0. The van der Waals surface area contributed by atoms with Gasteiger partial charge in [0.05, 0.1) is 11.2 Å². The molecule has 0 atom stereocenters. The van der Waals surface area contributed by atoms with Crippen LogP contribution in [-0.2, 0) is 0 Å². The summed E-state index contributed by atoms with van der Waals surface area (Å²) in [6.07, 6.45) is 0. The molecular weight excluding hydrogens is 349 g/mol. The summed E-state index contributed by atoms with van der Waals surface area (Å²) in [7, 11) is 0. The number of carbonyl (C=O) groups is 1. The van der Waals surface area contributed by atoms with Gasteiger partial charge in [0, 0.05) is 21.5 Å². The van der Waals surface area contributed by atoms with Crippen molar-refractivity contribution in [3.05, 3.63) is 52.5 Å². The maximum atomic E-state index is 11.9. The Labute approximate surface area is 147 Å². The van der Waals surface area contributed by atoms with Gasteiger partial charge in [-0.3, -0.25) is 4.79 Å². The summed E-state index contributed by atoms with van der Waals surface area (Å²) < 4.78 is 10.7. The van der Waals surface area contributed by atoms with Gasteiger partial charge < -0.3 is 9.47 Å². The van der Waals surface area contributed by atoms with E-state index in [1.165, 1.54) is 0 Å². The average molecular weight is 360 g/mol. The Morgan fingerprint density at radius 1 is 1.12 bits per heavy atom. The number of hydrogen-bond donors (Lipinski definition) is 0. The normalized spacial score (nSPS) is 12.6. The molecule has 0 saturated heterocycles. The SMILES string of the molecule is Cc1c(Cl)ccc2c(C(=O)Cl)cc(-c3ccc4c(c3)OCO4)nc12. The van der Waals surface area contributed by atoms with Gasteiger partial charge in [-0.15, -0.1) is 0 Å². The van der Waals surface area contributed by atoms with Crippen LogP contribution in [-0.4, -0.2) is 17.0 Å². The molecule has 0 N–H and O–H groups in total. The van der Waals surface area contributed by atoms with Gasteiger partial charge >= 0.3 is 0 Å². The van der Waals surface area contributed by atoms with Gasteiger partial charge in [-0.1, -0.05) is 17.7 Å². The van der Waals surface area contributed by atoms with E-state index in [9.17, 15) is 4.79 Å². The van der Waals surface area contributed by atoms with E-state index in [4.69, 9.17) is 32.7 Å². The molecule has 0 radical (unpaired) electrons. The molecule has 24 heavy (non-hydrogen) atoms. The van der Waals surface area contributed by atoms with Crippen LogP contribution in [0.15, 0.2) is 36.4 Å². The number of aromatic nitrogens is 1. The Balaban J connectivity index is 1.99. The van der Waals surface area contributed by atoms with Gasteiger partial charge in [0.25, 0.3) is 5.24 Å². The molecule has 0 bridgehead atoms. The molecule has 0 spiro atoms. The van der Waals surface area contributed by atoms with Crippen molar-refractivity contribution in [1.29, 1.82) is 0 Å². The summed E-state index contributed by atoms with van der Waals surface area (Å²) in [5.41, 5.74) is 3.28. The molecule has 6 heteroatoms. The first-order valence-electron chi connectivity index (χ1n) is 7.24. The van der Waals surface area contributed by atoms with E-state index in [2.05, 4.69) is 4.98 Å². The number of pyridine rings is 1. The lowest BCUT2D eigenvalue weighted by molar-refractivity contribution is 0.108. The van der Waals surface area contributed by atoms with E-state index in [0.717, 1.165) is 11.1 Å². The van der Waals surface area contributed by atoms with E-state index >= 15 is 0 Å². The number of ether oxygens (including phenoxy) is 2. The number of benzene rings is 2. The molecule has 1 aliphatic heterocycles. The Morgan fingerprint density at radius 2 is 1.92 bits per heavy atom. The highest BCUT2D eigenvalue weighted by Gasteiger charge is 2.18. The molecule has 1 aromatic heterocycles. The minimum absolute atomic E-state index is 0.198. The fraction of sp³-hybridized carbons (Fsp3) is 0.111. The Kier molecular flexibility index (Phi) is 3.59. The topological polar surface area (TPSA) is 48.4 Å². The van der Waals surface area contributed by atoms with Crippen molar-refractivity contribution in [3.63, 3.8) is 0 Å². The molecule has 0 saturated carbocycles. The number of halogens is 2. The number of aryl methyl sites for hydroxylation is 1. The summed E-state index contributed by atoms with van der Waals surface area (Å²) in [4.78, 5) is 16.6. The van der Waals surface area contributed by atoms with E-state index < -0.39 is 5.24 Å². The van der Waals surface area contributed by atoms with Crippen molar-refractivity contribution in [2.24, 2.45) is 0 Å². The first-order valence-corrected chi connectivity index (χ1v) is 8.00. The second kappa shape index (κ2) is 5.65. The van der Waals surface area contributed by atoms with Gasteiger partial charge in [0.15, 0.2) is 11.5 Å². The minimum Gasteiger partial charge on any atom is -0.454 e. The lowest BCUT2D eigenvalue weighted by atomic mass is 10.0. The number of fused-ring (bicyclic) bond motifs is 2. The van der Waals surface area contributed by atoms with Crippen LogP contribution < -0.4 is 9.47 Å². The van der Waals surface area contributed by atoms with Gasteiger partial charge in [0.1, 0.15) is 0 Å². The summed E-state index contributed by atoms with van der Waals surface area (Å²) in [5.74, 6) is 1.34. The quantitative estimate of drug-likeness (QED) is 0.606. The molecule has 0 amide bonds. The molecule has 1 aliphatic rings. The minimum atomic E-state index is -0.536. The van der Waals surface area contributed by atoms with Crippen LogP contribution in [0, 0.1) is 6.92 Å². The number of nitrogens with zero attached hydrogens (tertiary/aromatic N) is 1. The number of carbonyl (C=O) groups excluding carboxylic acids is 1. The second-order valence-electron chi connectivity index (χ2n) is 5.47. The average Bonchev–Trinajstić information content (AvgIpc) is 3.05. The summed E-state index contributed by atoms with van der Waals surface area (Å²) in [6, 6.07) is 10.7. The Morgan fingerprint density at radius 3 is 2.71 bits per heavy atom. The zero-order valence-electron chi connectivity index (χ0n) is 12.6. The highest BCUT2D eigenvalue weighted by molar-refractivity contribution is 6.68. The first kappa shape index (κ1) is 15.2. The zero-order chi connectivity index (χ0) is 16.8. The highest BCUT2D eigenvalue weighted by Crippen LogP contribution is 2.37. The van der Waals surface area contributed by atoms with Gasteiger partial charge in [-0.2, -0.15) is 0 Å². The Hall–Kier alpha value is -2.30. The molecule has 4 nitrogen and oxygen atoms in total. The lowest BCUT2D eigenvalue weighted by Crippen LogP contribution is -1.97. The van der Waals surface area contributed by atoms with Gasteiger partial charge in [-0.05, 0) is 54.4 Å². The van der Waals surface area contributed by atoms with Crippen LogP contribution >= 0.6 is 23.2 Å². The maximum Gasteiger partial charge on any atom is 0.253 e. The standard InChI is InChI=1S/C18H11Cl2NO3/c1-9-13(19)4-3-11-12(18(20)22)7-14(21-17(9)11)10-2-5-15-16(6-10)24-8-23-15/h2-7H,8H2,1H3. The van der Waals surface area contributed by atoms with Crippen LogP contribution in [0.5, 0.6) is 11.5 Å². The van der Waals surface area contributed by atoms with E-state index in [1.807, 2.05) is 25.1 Å². The third-order valence-corrected chi connectivity index (χ3v) is 4.66. The predicted octanol–water partition coefficient (Wildman–Crippen LogP) is 4.97. The molecule has 120 valence electrons.